The second kappa shape index (κ2) is 5.35. The number of benzene rings is 1. The number of esters is 1. The molecular formula is C16H21NO3. The fourth-order valence-electron chi connectivity index (χ4n) is 3.72. The fraction of sp³-hybridized carbons (Fsp3) is 0.562. The minimum absolute atomic E-state index is 0.315. The molecule has 2 aliphatic rings. The number of carbonyl (C=O) groups excluding carboxylic acids is 1. The van der Waals surface area contributed by atoms with Gasteiger partial charge in [-0.05, 0) is 49.1 Å². The summed E-state index contributed by atoms with van der Waals surface area (Å²) >= 11 is 0. The number of ether oxygens (including phenoxy) is 2. The minimum atomic E-state index is -0.315. The first-order valence-electron chi connectivity index (χ1n) is 7.28. The molecule has 3 unspecified atom stereocenters. The Morgan fingerprint density at radius 2 is 2.20 bits per heavy atom. The maximum absolute atomic E-state index is 12.2. The third-order valence-electron chi connectivity index (χ3n) is 4.76. The molecule has 2 aliphatic carbocycles. The molecule has 0 heterocycles. The van der Waals surface area contributed by atoms with Gasteiger partial charge in [0.1, 0.15) is 11.3 Å². The SMILES string of the molecule is COc1cc(N)ccc1C(=O)OCC1CC2CCC1C2. The number of hydrogen-bond donors (Lipinski definition) is 1. The zero-order chi connectivity index (χ0) is 14.1. The molecule has 3 rings (SSSR count). The molecular weight excluding hydrogens is 254 g/mol. The van der Waals surface area contributed by atoms with Gasteiger partial charge in [0.25, 0.3) is 0 Å². The number of nitrogen functional groups attached to an aromatic ring is 1. The summed E-state index contributed by atoms with van der Waals surface area (Å²) in [5.41, 5.74) is 6.71. The second-order valence-corrected chi connectivity index (χ2v) is 5.99. The van der Waals surface area contributed by atoms with Crippen molar-refractivity contribution in [3.8, 4) is 5.75 Å². The van der Waals surface area contributed by atoms with Crippen molar-refractivity contribution in [1.82, 2.24) is 0 Å². The predicted octanol–water partition coefficient (Wildman–Crippen LogP) is 2.87. The van der Waals surface area contributed by atoms with Gasteiger partial charge in [0.05, 0.1) is 13.7 Å². The molecule has 2 bridgehead atoms. The van der Waals surface area contributed by atoms with Crippen LogP contribution in [-0.2, 0) is 4.74 Å². The normalized spacial score (nSPS) is 27.6. The van der Waals surface area contributed by atoms with Crippen LogP contribution in [0, 0.1) is 17.8 Å². The number of anilines is 1. The molecule has 2 N–H and O–H groups in total. The van der Waals surface area contributed by atoms with Gasteiger partial charge in [0.15, 0.2) is 0 Å². The van der Waals surface area contributed by atoms with Gasteiger partial charge in [-0.2, -0.15) is 0 Å². The van der Waals surface area contributed by atoms with Crippen LogP contribution in [0.1, 0.15) is 36.0 Å². The maximum atomic E-state index is 12.2. The molecule has 4 heteroatoms. The van der Waals surface area contributed by atoms with Gasteiger partial charge in [0.2, 0.25) is 0 Å². The number of rotatable bonds is 4. The number of carbonyl (C=O) groups is 1. The molecule has 0 aliphatic heterocycles. The van der Waals surface area contributed by atoms with Crippen molar-refractivity contribution < 1.29 is 14.3 Å². The molecule has 0 saturated heterocycles. The Hall–Kier alpha value is -1.71. The third kappa shape index (κ3) is 2.47. The molecule has 0 spiro atoms. The summed E-state index contributed by atoms with van der Waals surface area (Å²) in [5.74, 6) is 2.35. The first kappa shape index (κ1) is 13.3. The average molecular weight is 275 g/mol. The van der Waals surface area contributed by atoms with E-state index in [0.29, 0.717) is 29.5 Å². The van der Waals surface area contributed by atoms with Crippen molar-refractivity contribution in [3.05, 3.63) is 23.8 Å². The summed E-state index contributed by atoms with van der Waals surface area (Å²) in [5, 5.41) is 0. The molecule has 1 aromatic rings. The van der Waals surface area contributed by atoms with E-state index in [2.05, 4.69) is 0 Å². The lowest BCUT2D eigenvalue weighted by molar-refractivity contribution is 0.0391. The lowest BCUT2D eigenvalue weighted by Crippen LogP contribution is -2.19. The van der Waals surface area contributed by atoms with E-state index < -0.39 is 0 Å². The van der Waals surface area contributed by atoms with Crippen LogP contribution in [0.2, 0.25) is 0 Å². The van der Waals surface area contributed by atoms with Gasteiger partial charge in [-0.25, -0.2) is 4.79 Å². The predicted molar refractivity (Wildman–Crippen MR) is 76.6 cm³/mol. The Labute approximate surface area is 119 Å². The Morgan fingerprint density at radius 1 is 1.35 bits per heavy atom. The Morgan fingerprint density at radius 3 is 2.85 bits per heavy atom. The van der Waals surface area contributed by atoms with Crippen molar-refractivity contribution in [3.63, 3.8) is 0 Å². The smallest absolute Gasteiger partial charge is 0.341 e. The van der Waals surface area contributed by atoms with Crippen LogP contribution < -0.4 is 10.5 Å². The van der Waals surface area contributed by atoms with Gasteiger partial charge < -0.3 is 15.2 Å². The van der Waals surface area contributed by atoms with Gasteiger partial charge in [-0.15, -0.1) is 0 Å². The van der Waals surface area contributed by atoms with Gasteiger partial charge in [-0.3, -0.25) is 0 Å². The van der Waals surface area contributed by atoms with Crippen LogP contribution in [-0.4, -0.2) is 19.7 Å². The van der Waals surface area contributed by atoms with Gasteiger partial charge in [-0.1, -0.05) is 6.42 Å². The van der Waals surface area contributed by atoms with Crippen LogP contribution in [0.15, 0.2) is 18.2 Å². The molecule has 0 aromatic heterocycles. The lowest BCUT2D eigenvalue weighted by atomic mass is 9.89. The highest BCUT2D eigenvalue weighted by atomic mass is 16.5. The van der Waals surface area contributed by atoms with E-state index in [4.69, 9.17) is 15.2 Å². The van der Waals surface area contributed by atoms with Crippen molar-refractivity contribution in [1.29, 1.82) is 0 Å². The van der Waals surface area contributed by atoms with E-state index in [1.807, 2.05) is 0 Å². The molecule has 4 nitrogen and oxygen atoms in total. The molecule has 3 atom stereocenters. The van der Waals surface area contributed by atoms with E-state index in [9.17, 15) is 4.79 Å². The largest absolute Gasteiger partial charge is 0.496 e. The number of hydrogen-bond acceptors (Lipinski definition) is 4. The summed E-state index contributed by atoms with van der Waals surface area (Å²) in [6, 6.07) is 5.00. The molecule has 2 saturated carbocycles. The molecule has 2 fully saturated rings. The summed E-state index contributed by atoms with van der Waals surface area (Å²) in [7, 11) is 1.53. The van der Waals surface area contributed by atoms with Crippen molar-refractivity contribution in [2.75, 3.05) is 19.5 Å². The van der Waals surface area contributed by atoms with Crippen LogP contribution in [0.4, 0.5) is 5.69 Å². The van der Waals surface area contributed by atoms with Crippen LogP contribution in [0.5, 0.6) is 5.75 Å². The Balaban J connectivity index is 1.62. The van der Waals surface area contributed by atoms with Gasteiger partial charge >= 0.3 is 5.97 Å². The van der Waals surface area contributed by atoms with Crippen molar-refractivity contribution in [2.24, 2.45) is 17.8 Å². The topological polar surface area (TPSA) is 61.5 Å². The van der Waals surface area contributed by atoms with Crippen LogP contribution >= 0.6 is 0 Å². The van der Waals surface area contributed by atoms with Crippen molar-refractivity contribution >= 4 is 11.7 Å². The lowest BCUT2D eigenvalue weighted by Gasteiger charge is -2.21. The summed E-state index contributed by atoms with van der Waals surface area (Å²) in [6.07, 6.45) is 5.21. The Bertz CT molecular complexity index is 514. The fourth-order valence-corrected chi connectivity index (χ4v) is 3.72. The standard InChI is InChI=1S/C16H21NO3/c1-19-15-8-13(17)4-5-14(15)16(18)20-9-12-7-10-2-3-11(12)6-10/h4-5,8,10-12H,2-3,6-7,9,17H2,1H3. The highest BCUT2D eigenvalue weighted by Gasteiger charge is 2.39. The summed E-state index contributed by atoms with van der Waals surface area (Å²) < 4.78 is 10.7. The Kier molecular flexibility index (Phi) is 3.55. The number of nitrogens with two attached hydrogens (primary N) is 1. The summed E-state index contributed by atoms with van der Waals surface area (Å²) in [4.78, 5) is 12.2. The van der Waals surface area contributed by atoms with Crippen molar-refractivity contribution in [2.45, 2.75) is 25.7 Å². The quantitative estimate of drug-likeness (QED) is 0.678. The minimum Gasteiger partial charge on any atom is -0.496 e. The number of methoxy groups -OCH3 is 1. The van der Waals surface area contributed by atoms with Crippen LogP contribution in [0.3, 0.4) is 0 Å². The molecule has 0 amide bonds. The second-order valence-electron chi connectivity index (χ2n) is 5.99. The first-order valence-corrected chi connectivity index (χ1v) is 7.28. The highest BCUT2D eigenvalue weighted by Crippen LogP contribution is 2.48. The monoisotopic (exact) mass is 275 g/mol. The summed E-state index contributed by atoms with van der Waals surface area (Å²) in [6.45, 7) is 0.535. The zero-order valence-electron chi connectivity index (χ0n) is 11.8. The molecule has 108 valence electrons. The molecule has 0 radical (unpaired) electrons. The van der Waals surface area contributed by atoms with E-state index >= 15 is 0 Å². The zero-order valence-corrected chi connectivity index (χ0v) is 11.8. The van der Waals surface area contributed by atoms with E-state index in [-0.39, 0.29) is 5.97 Å². The van der Waals surface area contributed by atoms with Gasteiger partial charge in [0, 0.05) is 11.8 Å². The van der Waals surface area contributed by atoms with Crippen LogP contribution in [0.25, 0.3) is 0 Å². The molecule has 1 aromatic carbocycles. The first-order chi connectivity index (χ1) is 9.67. The third-order valence-corrected chi connectivity index (χ3v) is 4.76. The highest BCUT2D eigenvalue weighted by molar-refractivity contribution is 5.93. The van der Waals surface area contributed by atoms with E-state index in [1.165, 1.54) is 32.8 Å². The molecule has 20 heavy (non-hydrogen) atoms. The van der Waals surface area contributed by atoms with E-state index in [0.717, 1.165) is 11.8 Å². The van der Waals surface area contributed by atoms with E-state index in [1.54, 1.807) is 18.2 Å². The maximum Gasteiger partial charge on any atom is 0.341 e. The average Bonchev–Trinajstić information content (AvgIpc) is 3.07. The number of fused-ring (bicyclic) bond motifs is 2.